The fourth-order valence-corrected chi connectivity index (χ4v) is 2.08. The van der Waals surface area contributed by atoms with E-state index >= 15 is 0 Å². The lowest BCUT2D eigenvalue weighted by Crippen LogP contribution is -2.11. The number of hydrogen-bond acceptors (Lipinski definition) is 7. The van der Waals surface area contributed by atoms with E-state index in [0.29, 0.717) is 12.8 Å². The molecule has 2 N–H and O–H groups in total. The average molecular weight is 322 g/mol. The van der Waals surface area contributed by atoms with Crippen LogP contribution >= 0.6 is 0 Å². The minimum Gasteiger partial charge on any atom is -0.504 e. The van der Waals surface area contributed by atoms with Gasteiger partial charge in [-0.3, -0.25) is 0 Å². The third kappa shape index (κ3) is 3.62. The molecular formula is C16H18O7. The fraction of sp³-hybridized carbons (Fsp3) is 0.375. The van der Waals surface area contributed by atoms with Gasteiger partial charge in [0.25, 0.3) is 0 Å². The Hall–Kier alpha value is -2.54. The van der Waals surface area contributed by atoms with Gasteiger partial charge in [-0.2, -0.15) is 0 Å². The summed E-state index contributed by atoms with van der Waals surface area (Å²) in [7, 11) is 0. The van der Waals surface area contributed by atoms with Crippen molar-refractivity contribution < 1.29 is 28.9 Å². The first-order chi connectivity index (χ1) is 11.1. The summed E-state index contributed by atoms with van der Waals surface area (Å²) in [6.07, 6.45) is 1.05. The molecule has 0 atom stereocenters. The highest BCUT2D eigenvalue weighted by Crippen LogP contribution is 2.33. The molecule has 0 aliphatic heterocycles. The minimum atomic E-state index is -0.864. The molecule has 0 amide bonds. The van der Waals surface area contributed by atoms with Crippen LogP contribution in [0.15, 0.2) is 27.4 Å². The van der Waals surface area contributed by atoms with Gasteiger partial charge >= 0.3 is 11.6 Å². The van der Waals surface area contributed by atoms with Gasteiger partial charge in [0.2, 0.25) is 5.75 Å². The van der Waals surface area contributed by atoms with Crippen molar-refractivity contribution in [3.8, 4) is 11.5 Å². The van der Waals surface area contributed by atoms with Gasteiger partial charge < -0.3 is 24.1 Å². The van der Waals surface area contributed by atoms with Crippen molar-refractivity contribution in [1.29, 1.82) is 0 Å². The number of esters is 1. The van der Waals surface area contributed by atoms with Gasteiger partial charge in [-0.1, -0.05) is 6.07 Å². The molecule has 1 aromatic heterocycles. The molecule has 7 heteroatoms. The topological polar surface area (TPSA) is 106 Å². The number of carbonyl (C=O) groups excluding carboxylic acids is 1. The van der Waals surface area contributed by atoms with Crippen molar-refractivity contribution in [3.05, 3.63) is 34.2 Å². The van der Waals surface area contributed by atoms with Gasteiger partial charge in [0.05, 0.1) is 18.6 Å². The van der Waals surface area contributed by atoms with E-state index in [9.17, 15) is 14.7 Å². The molecule has 7 nitrogen and oxygen atoms in total. The van der Waals surface area contributed by atoms with Gasteiger partial charge in [-0.25, -0.2) is 9.59 Å². The zero-order valence-electron chi connectivity index (χ0n) is 12.7. The Morgan fingerprint density at radius 2 is 2.09 bits per heavy atom. The van der Waals surface area contributed by atoms with Crippen LogP contribution in [0.3, 0.4) is 0 Å². The van der Waals surface area contributed by atoms with Crippen LogP contribution in [0.4, 0.5) is 0 Å². The number of para-hydroxylation sites is 1. The Bertz CT molecular complexity index is 748. The second kappa shape index (κ2) is 7.64. The van der Waals surface area contributed by atoms with Crippen molar-refractivity contribution in [1.82, 2.24) is 0 Å². The summed E-state index contributed by atoms with van der Waals surface area (Å²) in [6.45, 7) is 2.03. The zero-order valence-corrected chi connectivity index (χ0v) is 12.7. The Morgan fingerprint density at radius 3 is 2.78 bits per heavy atom. The maximum absolute atomic E-state index is 12.1. The molecule has 23 heavy (non-hydrogen) atoms. The highest BCUT2D eigenvalue weighted by molar-refractivity contribution is 6.03. The van der Waals surface area contributed by atoms with Crippen LogP contribution in [0.2, 0.25) is 0 Å². The van der Waals surface area contributed by atoms with Gasteiger partial charge in [0.15, 0.2) is 11.3 Å². The lowest BCUT2D eigenvalue weighted by molar-refractivity contribution is 0.0493. The van der Waals surface area contributed by atoms with Crippen molar-refractivity contribution in [3.63, 3.8) is 0 Å². The summed E-state index contributed by atoms with van der Waals surface area (Å²) in [6, 6.07) is 4.50. The highest BCUT2D eigenvalue weighted by Gasteiger charge is 2.20. The van der Waals surface area contributed by atoms with E-state index in [1.165, 1.54) is 12.1 Å². The molecular weight excluding hydrogens is 304 g/mol. The number of benzene rings is 1. The normalized spacial score (nSPS) is 10.7. The number of rotatable bonds is 7. The highest BCUT2D eigenvalue weighted by atomic mass is 16.5. The minimum absolute atomic E-state index is 0.0226. The molecule has 2 rings (SSSR count). The Kier molecular flexibility index (Phi) is 5.59. The van der Waals surface area contributed by atoms with Crippen LogP contribution in [-0.2, 0) is 4.74 Å². The van der Waals surface area contributed by atoms with Crippen LogP contribution in [-0.4, -0.2) is 36.0 Å². The number of hydrogen-bond donors (Lipinski definition) is 2. The first-order valence-corrected chi connectivity index (χ1v) is 7.29. The standard InChI is InChI=1S/C16H18O7/c1-2-21-14-12(18)10-6-5-7-11(13(10)23-16(14)20)15(19)22-9-4-3-8-17/h5-7,17-18H,2-4,8-9H2,1H3. The third-order valence-electron chi connectivity index (χ3n) is 3.16. The smallest absolute Gasteiger partial charge is 0.383 e. The van der Waals surface area contributed by atoms with Gasteiger partial charge in [-0.05, 0) is 31.9 Å². The van der Waals surface area contributed by atoms with E-state index in [2.05, 4.69) is 0 Å². The van der Waals surface area contributed by atoms with Crippen molar-refractivity contribution in [2.24, 2.45) is 0 Å². The summed E-state index contributed by atoms with van der Waals surface area (Å²) in [5, 5.41) is 19.0. The monoisotopic (exact) mass is 322 g/mol. The van der Waals surface area contributed by atoms with E-state index in [0.717, 1.165) is 0 Å². The van der Waals surface area contributed by atoms with Crippen LogP contribution < -0.4 is 10.4 Å². The van der Waals surface area contributed by atoms with E-state index in [4.69, 9.17) is 19.0 Å². The summed E-state index contributed by atoms with van der Waals surface area (Å²) < 4.78 is 15.3. The molecule has 0 spiro atoms. The van der Waals surface area contributed by atoms with Gasteiger partial charge in [-0.15, -0.1) is 0 Å². The molecule has 0 unspecified atom stereocenters. The van der Waals surface area contributed by atoms with Crippen molar-refractivity contribution in [2.75, 3.05) is 19.8 Å². The number of unbranched alkanes of at least 4 members (excludes halogenated alkanes) is 1. The summed E-state index contributed by atoms with van der Waals surface area (Å²) in [5.74, 6) is -1.32. The van der Waals surface area contributed by atoms with E-state index in [-0.39, 0.29) is 47.9 Å². The lowest BCUT2D eigenvalue weighted by Gasteiger charge is -2.09. The second-order valence-electron chi connectivity index (χ2n) is 4.75. The average Bonchev–Trinajstić information content (AvgIpc) is 2.55. The van der Waals surface area contributed by atoms with E-state index < -0.39 is 11.6 Å². The SMILES string of the molecule is CCOc1c(O)c2cccc(C(=O)OCCCCO)c2oc1=O. The predicted molar refractivity (Wildman–Crippen MR) is 81.9 cm³/mol. The number of fused-ring (bicyclic) bond motifs is 1. The van der Waals surface area contributed by atoms with Gasteiger partial charge in [0.1, 0.15) is 5.56 Å². The van der Waals surface area contributed by atoms with E-state index in [1.807, 2.05) is 0 Å². The summed E-state index contributed by atoms with van der Waals surface area (Å²) in [4.78, 5) is 24.0. The Morgan fingerprint density at radius 1 is 1.30 bits per heavy atom. The maximum Gasteiger partial charge on any atom is 0.383 e. The second-order valence-corrected chi connectivity index (χ2v) is 4.75. The largest absolute Gasteiger partial charge is 0.504 e. The zero-order chi connectivity index (χ0) is 16.8. The molecule has 0 aliphatic rings. The van der Waals surface area contributed by atoms with Crippen LogP contribution in [0.1, 0.15) is 30.1 Å². The molecule has 0 saturated carbocycles. The molecule has 0 bridgehead atoms. The summed E-state index contributed by atoms with van der Waals surface area (Å²) in [5.41, 5.74) is -0.870. The molecule has 2 aromatic rings. The first kappa shape index (κ1) is 16.8. The quantitative estimate of drug-likeness (QED) is 0.455. The fourth-order valence-electron chi connectivity index (χ4n) is 2.08. The van der Waals surface area contributed by atoms with Crippen LogP contribution in [0.25, 0.3) is 11.0 Å². The predicted octanol–water partition coefficient (Wildman–Crippen LogP) is 1.83. The lowest BCUT2D eigenvalue weighted by atomic mass is 10.1. The number of ether oxygens (including phenoxy) is 2. The van der Waals surface area contributed by atoms with Crippen molar-refractivity contribution >= 4 is 16.9 Å². The third-order valence-corrected chi connectivity index (χ3v) is 3.16. The molecule has 0 fully saturated rings. The molecule has 124 valence electrons. The maximum atomic E-state index is 12.1. The molecule has 0 aliphatic carbocycles. The number of aromatic hydroxyl groups is 1. The molecule has 1 aromatic carbocycles. The summed E-state index contributed by atoms with van der Waals surface area (Å²) >= 11 is 0. The first-order valence-electron chi connectivity index (χ1n) is 7.29. The number of carbonyl (C=O) groups is 1. The van der Waals surface area contributed by atoms with Gasteiger partial charge in [0, 0.05) is 6.61 Å². The van der Waals surface area contributed by atoms with Crippen LogP contribution in [0.5, 0.6) is 11.5 Å². The molecule has 0 radical (unpaired) electrons. The molecule has 0 saturated heterocycles. The van der Waals surface area contributed by atoms with Crippen molar-refractivity contribution in [2.45, 2.75) is 19.8 Å². The Labute approximate surface area is 132 Å². The Balaban J connectivity index is 2.38. The van der Waals surface area contributed by atoms with Crippen LogP contribution in [0, 0.1) is 0 Å². The van der Waals surface area contributed by atoms with E-state index in [1.54, 1.807) is 13.0 Å². The number of aliphatic hydroxyl groups excluding tert-OH is 1. The molecule has 1 heterocycles. The number of aliphatic hydroxyl groups is 1.